The molecule has 1 N–H and O–H groups in total. The average molecular weight is 346 g/mol. The maximum absolute atomic E-state index is 12.7. The zero-order valence-electron chi connectivity index (χ0n) is 15.6. The number of carbonyl (C=O) groups excluding carboxylic acids is 2. The van der Waals surface area contributed by atoms with E-state index in [0.717, 1.165) is 43.5 Å². The molecule has 5 heteroatoms. The highest BCUT2D eigenvalue weighted by molar-refractivity contribution is 5.82. The Kier molecular flexibility index (Phi) is 7.29. The predicted molar refractivity (Wildman–Crippen MR) is 98.5 cm³/mol. The van der Waals surface area contributed by atoms with E-state index in [0.29, 0.717) is 13.0 Å². The molecule has 0 bridgehead atoms. The van der Waals surface area contributed by atoms with Gasteiger partial charge in [0.1, 0.15) is 5.75 Å². The fourth-order valence-electron chi connectivity index (χ4n) is 3.41. The average Bonchev–Trinajstić information content (AvgIpc) is 2.62. The minimum Gasteiger partial charge on any atom is -0.496 e. The molecule has 0 spiro atoms. The van der Waals surface area contributed by atoms with Gasteiger partial charge in [-0.05, 0) is 32.3 Å². The van der Waals surface area contributed by atoms with Crippen molar-refractivity contribution in [3.63, 3.8) is 0 Å². The molecule has 2 atom stereocenters. The smallest absolute Gasteiger partial charge is 0.227 e. The van der Waals surface area contributed by atoms with Crippen LogP contribution in [0, 0.1) is 5.92 Å². The van der Waals surface area contributed by atoms with Crippen LogP contribution in [0.15, 0.2) is 24.3 Å². The van der Waals surface area contributed by atoms with E-state index in [9.17, 15) is 9.59 Å². The monoisotopic (exact) mass is 346 g/mol. The summed E-state index contributed by atoms with van der Waals surface area (Å²) in [7, 11) is 1.61. The Balaban J connectivity index is 1.93. The molecule has 1 saturated heterocycles. The van der Waals surface area contributed by atoms with E-state index in [2.05, 4.69) is 12.2 Å². The first-order valence-electron chi connectivity index (χ1n) is 9.25. The summed E-state index contributed by atoms with van der Waals surface area (Å²) in [5.74, 6) is 0.768. The Morgan fingerprint density at radius 1 is 1.36 bits per heavy atom. The van der Waals surface area contributed by atoms with Crippen molar-refractivity contribution >= 4 is 11.8 Å². The number of rotatable bonds is 7. The van der Waals surface area contributed by atoms with Crippen molar-refractivity contribution in [1.29, 1.82) is 0 Å². The molecule has 2 amide bonds. The van der Waals surface area contributed by atoms with Gasteiger partial charge in [-0.2, -0.15) is 0 Å². The SMILES string of the molecule is CCC[C@H](C)NC(=O)[C@H]1CCCN(C(=O)Cc2ccccc2OC)C1. The molecule has 0 aromatic heterocycles. The van der Waals surface area contributed by atoms with E-state index < -0.39 is 0 Å². The van der Waals surface area contributed by atoms with Crippen LogP contribution in [0.5, 0.6) is 5.75 Å². The number of hydrogen-bond donors (Lipinski definition) is 1. The van der Waals surface area contributed by atoms with Gasteiger partial charge in [0.15, 0.2) is 0 Å². The number of carbonyl (C=O) groups is 2. The van der Waals surface area contributed by atoms with Crippen LogP contribution >= 0.6 is 0 Å². The van der Waals surface area contributed by atoms with Crippen molar-refractivity contribution in [3.8, 4) is 5.75 Å². The zero-order valence-corrected chi connectivity index (χ0v) is 15.6. The lowest BCUT2D eigenvalue weighted by molar-refractivity contribution is -0.135. The maximum Gasteiger partial charge on any atom is 0.227 e. The summed E-state index contributed by atoms with van der Waals surface area (Å²) in [6.07, 6.45) is 4.07. The van der Waals surface area contributed by atoms with Crippen molar-refractivity contribution in [2.75, 3.05) is 20.2 Å². The molecule has 25 heavy (non-hydrogen) atoms. The summed E-state index contributed by atoms with van der Waals surface area (Å²) in [6.45, 7) is 5.39. The topological polar surface area (TPSA) is 58.6 Å². The highest BCUT2D eigenvalue weighted by Gasteiger charge is 2.29. The summed E-state index contributed by atoms with van der Waals surface area (Å²) < 4.78 is 5.32. The molecule has 0 saturated carbocycles. The molecule has 1 aromatic carbocycles. The number of nitrogens with zero attached hydrogens (tertiary/aromatic N) is 1. The van der Waals surface area contributed by atoms with Crippen LogP contribution < -0.4 is 10.1 Å². The molecule has 1 aliphatic heterocycles. The summed E-state index contributed by atoms with van der Waals surface area (Å²) in [5, 5.41) is 3.08. The number of piperidine rings is 1. The number of likely N-dealkylation sites (tertiary alicyclic amines) is 1. The summed E-state index contributed by atoms with van der Waals surface area (Å²) in [6, 6.07) is 7.77. The zero-order chi connectivity index (χ0) is 18.2. The molecule has 1 fully saturated rings. The van der Waals surface area contributed by atoms with Gasteiger partial charge in [0.2, 0.25) is 11.8 Å². The molecule has 2 rings (SSSR count). The van der Waals surface area contributed by atoms with Gasteiger partial charge in [0.25, 0.3) is 0 Å². The van der Waals surface area contributed by atoms with Crippen LogP contribution in [-0.4, -0.2) is 43.0 Å². The lowest BCUT2D eigenvalue weighted by Gasteiger charge is -2.33. The predicted octanol–water partition coefficient (Wildman–Crippen LogP) is 2.78. The minimum absolute atomic E-state index is 0.0589. The lowest BCUT2D eigenvalue weighted by Crippen LogP contribution is -2.47. The molecule has 1 aliphatic rings. The van der Waals surface area contributed by atoms with Crippen molar-refractivity contribution in [1.82, 2.24) is 10.2 Å². The van der Waals surface area contributed by atoms with E-state index in [1.165, 1.54) is 0 Å². The minimum atomic E-state index is -0.102. The Morgan fingerprint density at radius 3 is 2.84 bits per heavy atom. The maximum atomic E-state index is 12.7. The molecule has 138 valence electrons. The van der Waals surface area contributed by atoms with Crippen molar-refractivity contribution in [2.45, 2.75) is 52.0 Å². The van der Waals surface area contributed by atoms with Gasteiger partial charge < -0.3 is 15.0 Å². The van der Waals surface area contributed by atoms with Crippen molar-refractivity contribution in [3.05, 3.63) is 29.8 Å². The van der Waals surface area contributed by atoms with Crippen molar-refractivity contribution in [2.24, 2.45) is 5.92 Å². The number of para-hydroxylation sites is 1. The normalized spacial score (nSPS) is 18.5. The quantitative estimate of drug-likeness (QED) is 0.826. The van der Waals surface area contributed by atoms with E-state index in [1.54, 1.807) is 7.11 Å². The highest BCUT2D eigenvalue weighted by atomic mass is 16.5. The van der Waals surface area contributed by atoms with Gasteiger partial charge in [-0.3, -0.25) is 9.59 Å². The second-order valence-corrected chi connectivity index (χ2v) is 6.87. The van der Waals surface area contributed by atoms with Crippen LogP contribution in [0.25, 0.3) is 0 Å². The number of ether oxygens (including phenoxy) is 1. The Hall–Kier alpha value is -2.04. The molecule has 5 nitrogen and oxygen atoms in total. The summed E-state index contributed by atoms with van der Waals surface area (Å²) >= 11 is 0. The van der Waals surface area contributed by atoms with Crippen LogP contribution in [0.2, 0.25) is 0 Å². The van der Waals surface area contributed by atoms with E-state index in [1.807, 2.05) is 36.1 Å². The van der Waals surface area contributed by atoms with Crippen LogP contribution in [-0.2, 0) is 16.0 Å². The largest absolute Gasteiger partial charge is 0.496 e. The lowest BCUT2D eigenvalue weighted by atomic mass is 9.96. The number of hydrogen-bond acceptors (Lipinski definition) is 3. The number of nitrogens with one attached hydrogen (secondary N) is 1. The van der Waals surface area contributed by atoms with Gasteiger partial charge in [-0.25, -0.2) is 0 Å². The number of amides is 2. The fourth-order valence-corrected chi connectivity index (χ4v) is 3.41. The molecule has 1 aromatic rings. The molecule has 0 unspecified atom stereocenters. The molecular weight excluding hydrogens is 316 g/mol. The second kappa shape index (κ2) is 9.44. The first-order chi connectivity index (χ1) is 12.0. The molecule has 0 radical (unpaired) electrons. The third-order valence-electron chi connectivity index (χ3n) is 4.79. The molecule has 0 aliphatic carbocycles. The van der Waals surface area contributed by atoms with E-state index in [4.69, 9.17) is 4.74 Å². The fraction of sp³-hybridized carbons (Fsp3) is 0.600. The van der Waals surface area contributed by atoms with Crippen molar-refractivity contribution < 1.29 is 14.3 Å². The number of benzene rings is 1. The number of methoxy groups -OCH3 is 1. The first-order valence-corrected chi connectivity index (χ1v) is 9.25. The van der Waals surface area contributed by atoms with E-state index >= 15 is 0 Å². The Morgan fingerprint density at radius 2 is 2.12 bits per heavy atom. The summed E-state index contributed by atoms with van der Waals surface area (Å²) in [5.41, 5.74) is 0.887. The van der Waals surface area contributed by atoms with Gasteiger partial charge in [-0.15, -0.1) is 0 Å². The second-order valence-electron chi connectivity index (χ2n) is 6.87. The van der Waals surface area contributed by atoms with Gasteiger partial charge in [-0.1, -0.05) is 31.5 Å². The van der Waals surface area contributed by atoms with Crippen LogP contribution in [0.4, 0.5) is 0 Å². The van der Waals surface area contributed by atoms with Crippen LogP contribution in [0.1, 0.15) is 45.1 Å². The van der Waals surface area contributed by atoms with Gasteiger partial charge in [0, 0.05) is 24.7 Å². The Labute approximate surface area is 150 Å². The standard InChI is InChI=1S/C20H30N2O3/c1-4-8-15(2)21-20(24)17-10-7-12-22(14-17)19(23)13-16-9-5-6-11-18(16)25-3/h5-6,9,11,15,17H,4,7-8,10,12-14H2,1-3H3,(H,21,24)/t15-,17-/m0/s1. The third kappa shape index (κ3) is 5.48. The molecular formula is C20H30N2O3. The van der Waals surface area contributed by atoms with E-state index in [-0.39, 0.29) is 23.8 Å². The third-order valence-corrected chi connectivity index (χ3v) is 4.79. The van der Waals surface area contributed by atoms with Crippen LogP contribution in [0.3, 0.4) is 0 Å². The molecule has 1 heterocycles. The van der Waals surface area contributed by atoms with Gasteiger partial charge in [0.05, 0.1) is 19.4 Å². The highest BCUT2D eigenvalue weighted by Crippen LogP contribution is 2.21. The summed E-state index contributed by atoms with van der Waals surface area (Å²) in [4.78, 5) is 26.9. The van der Waals surface area contributed by atoms with Gasteiger partial charge >= 0.3 is 0 Å². The first kappa shape index (κ1) is 19.3. The Bertz CT molecular complexity index is 588.